The summed E-state index contributed by atoms with van der Waals surface area (Å²) in [7, 11) is -3.53. The lowest BCUT2D eigenvalue weighted by atomic mass is 10.0. The van der Waals surface area contributed by atoms with Gasteiger partial charge in [0.05, 0.1) is 18.4 Å². The zero-order valence-electron chi connectivity index (χ0n) is 11.8. The van der Waals surface area contributed by atoms with Crippen molar-refractivity contribution in [1.29, 1.82) is 0 Å². The van der Waals surface area contributed by atoms with Gasteiger partial charge in [-0.3, -0.25) is 4.79 Å². The summed E-state index contributed by atoms with van der Waals surface area (Å²) in [6.07, 6.45) is 3.13. The molecule has 0 radical (unpaired) electrons. The Balaban J connectivity index is 1.89. The number of nitrogens with zero attached hydrogens (tertiary/aromatic N) is 4. The summed E-state index contributed by atoms with van der Waals surface area (Å²) in [4.78, 5) is 10.5. The topological polar surface area (TPSA) is 117 Å². The highest BCUT2D eigenvalue weighted by molar-refractivity contribution is 7.87. The second-order valence-electron chi connectivity index (χ2n) is 5.21. The standard InChI is InChI=1S/C11H19N5O4S/c1-9-2-4-16(5-3-9)21(19,20)12-6-10-7-15(14-13-10)8-11(17)18/h7,9,12H,2-6,8H2,1H3,(H,17,18). The maximum absolute atomic E-state index is 12.1. The summed E-state index contributed by atoms with van der Waals surface area (Å²) in [5, 5.41) is 16.0. The molecule has 0 aromatic carbocycles. The van der Waals surface area contributed by atoms with Crippen molar-refractivity contribution in [3.63, 3.8) is 0 Å². The van der Waals surface area contributed by atoms with E-state index in [0.29, 0.717) is 24.7 Å². The molecule has 21 heavy (non-hydrogen) atoms. The van der Waals surface area contributed by atoms with Gasteiger partial charge in [-0.15, -0.1) is 5.10 Å². The zero-order chi connectivity index (χ0) is 15.5. The van der Waals surface area contributed by atoms with Crippen molar-refractivity contribution in [2.75, 3.05) is 13.1 Å². The highest BCUT2D eigenvalue weighted by Crippen LogP contribution is 2.17. The van der Waals surface area contributed by atoms with Gasteiger partial charge in [-0.25, -0.2) is 4.68 Å². The van der Waals surface area contributed by atoms with Gasteiger partial charge in [0.1, 0.15) is 6.54 Å². The van der Waals surface area contributed by atoms with Crippen molar-refractivity contribution in [3.8, 4) is 0 Å². The average Bonchev–Trinajstić information content (AvgIpc) is 2.84. The summed E-state index contributed by atoms with van der Waals surface area (Å²) < 4.78 is 29.3. The van der Waals surface area contributed by atoms with Gasteiger partial charge in [0.15, 0.2) is 0 Å². The summed E-state index contributed by atoms with van der Waals surface area (Å²) in [6.45, 7) is 2.83. The summed E-state index contributed by atoms with van der Waals surface area (Å²) in [5.74, 6) is -0.484. The van der Waals surface area contributed by atoms with Crippen LogP contribution in [0.1, 0.15) is 25.5 Å². The number of aliphatic carboxylic acids is 1. The van der Waals surface area contributed by atoms with Crippen LogP contribution in [0.5, 0.6) is 0 Å². The van der Waals surface area contributed by atoms with Crippen LogP contribution >= 0.6 is 0 Å². The second-order valence-corrected chi connectivity index (χ2v) is 6.96. The Hall–Kier alpha value is -1.52. The second kappa shape index (κ2) is 6.50. The highest BCUT2D eigenvalue weighted by Gasteiger charge is 2.26. The van der Waals surface area contributed by atoms with E-state index in [9.17, 15) is 13.2 Å². The molecular weight excluding hydrogens is 298 g/mol. The Morgan fingerprint density at radius 3 is 2.76 bits per heavy atom. The fourth-order valence-electron chi connectivity index (χ4n) is 2.12. The number of rotatable bonds is 6. The monoisotopic (exact) mass is 317 g/mol. The molecule has 0 bridgehead atoms. The quantitative estimate of drug-likeness (QED) is 0.725. The van der Waals surface area contributed by atoms with E-state index in [-0.39, 0.29) is 13.1 Å². The summed E-state index contributed by atoms with van der Waals surface area (Å²) >= 11 is 0. The summed E-state index contributed by atoms with van der Waals surface area (Å²) in [6, 6.07) is 0. The molecule has 1 aliphatic heterocycles. The Kier molecular flexibility index (Phi) is 4.91. The fraction of sp³-hybridized carbons (Fsp3) is 0.727. The van der Waals surface area contributed by atoms with E-state index in [1.807, 2.05) is 0 Å². The van der Waals surface area contributed by atoms with Crippen LogP contribution in [0.3, 0.4) is 0 Å². The van der Waals surface area contributed by atoms with Crippen LogP contribution in [0.4, 0.5) is 0 Å². The minimum Gasteiger partial charge on any atom is -0.480 e. The van der Waals surface area contributed by atoms with Crippen LogP contribution in [0.2, 0.25) is 0 Å². The van der Waals surface area contributed by atoms with E-state index in [1.54, 1.807) is 0 Å². The number of carbonyl (C=O) groups is 1. The third kappa shape index (κ3) is 4.48. The zero-order valence-corrected chi connectivity index (χ0v) is 12.6. The van der Waals surface area contributed by atoms with Crippen LogP contribution < -0.4 is 4.72 Å². The van der Waals surface area contributed by atoms with Crippen molar-refractivity contribution < 1.29 is 18.3 Å². The van der Waals surface area contributed by atoms with Gasteiger partial charge in [0.25, 0.3) is 10.2 Å². The van der Waals surface area contributed by atoms with Crippen LogP contribution in [-0.4, -0.2) is 51.9 Å². The van der Waals surface area contributed by atoms with E-state index in [4.69, 9.17) is 5.11 Å². The van der Waals surface area contributed by atoms with E-state index in [1.165, 1.54) is 10.5 Å². The number of carboxylic acid groups (broad SMARTS) is 1. The lowest BCUT2D eigenvalue weighted by Crippen LogP contribution is -2.44. The Morgan fingerprint density at radius 2 is 2.14 bits per heavy atom. The van der Waals surface area contributed by atoms with Crippen molar-refractivity contribution in [2.24, 2.45) is 5.92 Å². The fourth-order valence-corrected chi connectivity index (χ4v) is 3.32. The van der Waals surface area contributed by atoms with E-state index < -0.39 is 16.2 Å². The van der Waals surface area contributed by atoms with Crippen molar-refractivity contribution in [1.82, 2.24) is 24.0 Å². The number of nitrogens with one attached hydrogen (secondary N) is 1. The molecule has 0 aliphatic carbocycles. The molecule has 1 fully saturated rings. The number of piperidine rings is 1. The first kappa shape index (κ1) is 15.9. The van der Waals surface area contributed by atoms with Crippen molar-refractivity contribution in [2.45, 2.75) is 32.9 Å². The first-order chi connectivity index (χ1) is 9.87. The molecule has 0 unspecified atom stereocenters. The molecule has 2 N–H and O–H groups in total. The molecule has 0 spiro atoms. The number of aromatic nitrogens is 3. The lowest BCUT2D eigenvalue weighted by Gasteiger charge is -2.29. The molecule has 2 rings (SSSR count). The van der Waals surface area contributed by atoms with E-state index in [0.717, 1.165) is 17.5 Å². The highest BCUT2D eigenvalue weighted by atomic mass is 32.2. The van der Waals surface area contributed by atoms with Gasteiger partial charge in [0, 0.05) is 13.1 Å². The van der Waals surface area contributed by atoms with Crippen LogP contribution in [0, 0.1) is 5.92 Å². The van der Waals surface area contributed by atoms with Crippen molar-refractivity contribution in [3.05, 3.63) is 11.9 Å². The number of hydrogen-bond acceptors (Lipinski definition) is 5. The molecule has 1 aliphatic rings. The molecule has 0 atom stereocenters. The molecule has 0 saturated carbocycles. The third-order valence-electron chi connectivity index (χ3n) is 3.40. The van der Waals surface area contributed by atoms with Gasteiger partial charge >= 0.3 is 5.97 Å². The van der Waals surface area contributed by atoms with Crippen LogP contribution in [0.15, 0.2) is 6.20 Å². The number of hydrogen-bond donors (Lipinski definition) is 2. The maximum atomic E-state index is 12.1. The van der Waals surface area contributed by atoms with E-state index >= 15 is 0 Å². The van der Waals surface area contributed by atoms with Gasteiger partial charge in [0.2, 0.25) is 0 Å². The molecule has 1 saturated heterocycles. The third-order valence-corrected chi connectivity index (χ3v) is 4.96. The lowest BCUT2D eigenvalue weighted by molar-refractivity contribution is -0.137. The Morgan fingerprint density at radius 1 is 1.48 bits per heavy atom. The number of carboxylic acids is 1. The minimum absolute atomic E-state index is 0.00595. The molecule has 118 valence electrons. The molecule has 0 amide bonds. The molecule has 1 aromatic heterocycles. The average molecular weight is 317 g/mol. The van der Waals surface area contributed by atoms with E-state index in [2.05, 4.69) is 22.0 Å². The molecular formula is C11H19N5O4S. The normalized spacial score (nSPS) is 18.0. The Bertz CT molecular complexity index is 592. The SMILES string of the molecule is CC1CCN(S(=O)(=O)NCc2cn(CC(=O)O)nn2)CC1. The summed E-state index contributed by atoms with van der Waals surface area (Å²) in [5.41, 5.74) is 0.380. The molecule has 10 heteroatoms. The minimum atomic E-state index is -3.53. The van der Waals surface area contributed by atoms with Crippen LogP contribution in [0.25, 0.3) is 0 Å². The van der Waals surface area contributed by atoms with Gasteiger partial charge < -0.3 is 5.11 Å². The van der Waals surface area contributed by atoms with Crippen molar-refractivity contribution >= 4 is 16.2 Å². The van der Waals surface area contributed by atoms with Crippen LogP contribution in [-0.2, 0) is 28.1 Å². The predicted molar refractivity (Wildman–Crippen MR) is 73.4 cm³/mol. The molecule has 9 nitrogen and oxygen atoms in total. The van der Waals surface area contributed by atoms with Gasteiger partial charge in [-0.1, -0.05) is 12.1 Å². The maximum Gasteiger partial charge on any atom is 0.325 e. The van der Waals surface area contributed by atoms with Gasteiger partial charge in [-0.05, 0) is 18.8 Å². The largest absolute Gasteiger partial charge is 0.480 e. The van der Waals surface area contributed by atoms with Gasteiger partial charge in [-0.2, -0.15) is 17.4 Å². The first-order valence-corrected chi connectivity index (χ1v) is 8.16. The predicted octanol–water partition coefficient (Wildman–Crippen LogP) is -0.571. The first-order valence-electron chi connectivity index (χ1n) is 6.72. The molecule has 1 aromatic rings. The molecule has 2 heterocycles. The smallest absolute Gasteiger partial charge is 0.325 e. The Labute approximate surface area is 123 Å².